The Morgan fingerprint density at radius 1 is 0.756 bits per heavy atom. The van der Waals surface area contributed by atoms with Crippen molar-refractivity contribution < 1.29 is 28.4 Å². The van der Waals surface area contributed by atoms with Crippen LogP contribution >= 0.6 is 7.82 Å². The summed E-state index contributed by atoms with van der Waals surface area (Å²) in [4.78, 5) is 22.4. The number of aliphatic hydroxyl groups is 1. The van der Waals surface area contributed by atoms with E-state index in [2.05, 4.69) is 73.8 Å². The van der Waals surface area contributed by atoms with Gasteiger partial charge in [0.05, 0.1) is 25.4 Å². The minimum absolute atomic E-state index is 0.0555. The number of carbonyl (C=O) groups is 1. The summed E-state index contributed by atoms with van der Waals surface area (Å²) in [5, 5.41) is 13.4. The molecular formula is C36H61N2O6P. The zero-order chi connectivity index (χ0) is 33.3. The van der Waals surface area contributed by atoms with Gasteiger partial charge in [0.25, 0.3) is 0 Å². The van der Waals surface area contributed by atoms with Gasteiger partial charge in [-0.3, -0.25) is 13.8 Å². The smallest absolute Gasteiger partial charge is 0.387 e. The highest BCUT2D eigenvalue weighted by molar-refractivity contribution is 7.47. The van der Waals surface area contributed by atoms with Crippen molar-refractivity contribution in [3.05, 3.63) is 85.1 Å². The lowest BCUT2D eigenvalue weighted by atomic mass is 10.1. The Morgan fingerprint density at radius 2 is 1.31 bits per heavy atom. The molecule has 0 aromatic rings. The maximum absolute atomic E-state index is 12.6. The number of rotatable bonds is 29. The first-order chi connectivity index (χ1) is 21.9. The lowest BCUT2D eigenvalue weighted by Crippen LogP contribution is -2.45. The molecule has 0 radical (unpaired) electrons. The molecule has 0 spiro atoms. The van der Waals surface area contributed by atoms with Gasteiger partial charge in [0, 0.05) is 13.0 Å². The van der Waals surface area contributed by atoms with Crippen LogP contribution in [0, 0.1) is 0 Å². The number of phosphoric ester groups is 1. The van der Waals surface area contributed by atoms with Crippen molar-refractivity contribution in [2.75, 3.05) is 19.8 Å². The van der Waals surface area contributed by atoms with Crippen LogP contribution in [0.2, 0.25) is 0 Å². The molecule has 0 aliphatic rings. The molecule has 0 heterocycles. The zero-order valence-electron chi connectivity index (χ0n) is 27.8. The Balaban J connectivity index is 4.64. The molecular weight excluding hydrogens is 587 g/mol. The number of carbonyl (C=O) groups excluding carboxylic acids is 1. The molecule has 0 bridgehead atoms. The molecule has 256 valence electrons. The highest BCUT2D eigenvalue weighted by Gasteiger charge is 2.26. The number of hydrogen-bond donors (Lipinski definition) is 4. The van der Waals surface area contributed by atoms with Crippen molar-refractivity contribution in [1.29, 1.82) is 0 Å². The van der Waals surface area contributed by atoms with Crippen LogP contribution < -0.4 is 11.1 Å². The van der Waals surface area contributed by atoms with E-state index in [1.807, 2.05) is 18.2 Å². The Kier molecular flexibility index (Phi) is 30.0. The number of amides is 1. The highest BCUT2D eigenvalue weighted by Crippen LogP contribution is 2.43. The van der Waals surface area contributed by atoms with E-state index in [0.29, 0.717) is 6.42 Å². The van der Waals surface area contributed by atoms with E-state index in [1.54, 1.807) is 12.2 Å². The normalized spacial score (nSPS) is 15.6. The van der Waals surface area contributed by atoms with Gasteiger partial charge in [-0.2, -0.15) is 0 Å². The molecule has 3 unspecified atom stereocenters. The van der Waals surface area contributed by atoms with E-state index in [1.165, 1.54) is 32.1 Å². The fraction of sp³-hybridized carbons (Fsp3) is 0.583. The predicted octanol–water partition coefficient (Wildman–Crippen LogP) is 8.32. The fourth-order valence-corrected chi connectivity index (χ4v) is 4.74. The number of aliphatic hydroxyl groups excluding tert-OH is 1. The third-order valence-corrected chi connectivity index (χ3v) is 7.47. The highest BCUT2D eigenvalue weighted by atomic mass is 31.2. The summed E-state index contributed by atoms with van der Waals surface area (Å²) in [6.07, 6.45) is 40.9. The number of hydrogen-bond acceptors (Lipinski definition) is 6. The minimum Gasteiger partial charge on any atom is -0.387 e. The van der Waals surface area contributed by atoms with Gasteiger partial charge in [-0.15, -0.1) is 0 Å². The van der Waals surface area contributed by atoms with Crippen molar-refractivity contribution in [3.63, 3.8) is 0 Å². The molecule has 0 saturated carbocycles. The number of nitrogens with two attached hydrogens (primary N) is 1. The molecule has 0 aliphatic heterocycles. The van der Waals surface area contributed by atoms with Gasteiger partial charge >= 0.3 is 7.82 Å². The zero-order valence-corrected chi connectivity index (χ0v) is 28.7. The Bertz CT molecular complexity index is 971. The van der Waals surface area contributed by atoms with Crippen LogP contribution in [-0.4, -0.2) is 47.8 Å². The van der Waals surface area contributed by atoms with E-state index in [-0.39, 0.29) is 25.5 Å². The largest absolute Gasteiger partial charge is 0.472 e. The van der Waals surface area contributed by atoms with Crippen LogP contribution in [0.1, 0.15) is 104 Å². The monoisotopic (exact) mass is 648 g/mol. The molecule has 0 fully saturated rings. The molecule has 9 heteroatoms. The first-order valence-electron chi connectivity index (χ1n) is 16.7. The minimum atomic E-state index is -4.36. The predicted molar refractivity (Wildman–Crippen MR) is 189 cm³/mol. The molecule has 1 amide bonds. The van der Waals surface area contributed by atoms with Crippen molar-refractivity contribution in [2.24, 2.45) is 5.73 Å². The molecule has 0 aromatic heterocycles. The van der Waals surface area contributed by atoms with Crippen molar-refractivity contribution in [2.45, 2.75) is 116 Å². The molecule has 5 N–H and O–H groups in total. The van der Waals surface area contributed by atoms with E-state index < -0.39 is 26.6 Å². The maximum atomic E-state index is 12.6. The second-order valence-electron chi connectivity index (χ2n) is 10.6. The van der Waals surface area contributed by atoms with Gasteiger partial charge in [0.15, 0.2) is 0 Å². The van der Waals surface area contributed by atoms with Gasteiger partial charge in [-0.1, -0.05) is 125 Å². The second kappa shape index (κ2) is 31.7. The molecule has 3 atom stereocenters. The molecule has 0 aliphatic carbocycles. The second-order valence-corrected chi connectivity index (χ2v) is 12.1. The summed E-state index contributed by atoms with van der Waals surface area (Å²) in [5.41, 5.74) is 5.33. The van der Waals surface area contributed by atoms with Crippen molar-refractivity contribution in [3.8, 4) is 0 Å². The number of phosphoric acid groups is 1. The Morgan fingerprint density at radius 3 is 1.91 bits per heavy atom. The summed E-state index contributed by atoms with van der Waals surface area (Å²) in [7, 11) is -4.36. The van der Waals surface area contributed by atoms with E-state index >= 15 is 0 Å². The van der Waals surface area contributed by atoms with Gasteiger partial charge < -0.3 is 21.1 Å². The summed E-state index contributed by atoms with van der Waals surface area (Å²) in [5.74, 6) is -0.338. The molecule has 8 nitrogen and oxygen atoms in total. The molecule has 45 heavy (non-hydrogen) atoms. The van der Waals surface area contributed by atoms with E-state index in [4.69, 9.17) is 14.8 Å². The lowest BCUT2D eigenvalue weighted by molar-refractivity contribution is -0.122. The summed E-state index contributed by atoms with van der Waals surface area (Å²) in [6, 6.07) is -0.933. The quantitative estimate of drug-likeness (QED) is 0.0364. The first-order valence-corrected chi connectivity index (χ1v) is 18.2. The number of allylic oxidation sites excluding steroid dienone is 12. The average Bonchev–Trinajstić information content (AvgIpc) is 3.02. The molecule has 0 rings (SSSR count). The van der Waals surface area contributed by atoms with Crippen LogP contribution in [0.4, 0.5) is 0 Å². The van der Waals surface area contributed by atoms with Crippen LogP contribution in [0.5, 0.6) is 0 Å². The fourth-order valence-electron chi connectivity index (χ4n) is 3.98. The standard InChI is InChI=1S/C36H61N2O6P/c1-3-5-7-9-11-13-15-16-17-18-20-22-24-26-28-30-36(40)38-34(33-44-45(41,42)43-32-31-37)35(39)29-27-25-23-21-19-14-12-10-8-6-4-2/h5,7,11,13,16-17,19-22,26-29,34-35,39H,3-4,6,8-10,12,14-15,18,23-25,30-33,37H2,1-2H3,(H,38,40)(H,41,42)/b7-5-,13-11-,17-16-,21-19+,22-20-,28-26-,29-27+. The van der Waals surface area contributed by atoms with E-state index in [9.17, 15) is 19.4 Å². The first kappa shape index (κ1) is 42.7. The third kappa shape index (κ3) is 30.1. The summed E-state index contributed by atoms with van der Waals surface area (Å²) >= 11 is 0. The topological polar surface area (TPSA) is 131 Å². The maximum Gasteiger partial charge on any atom is 0.472 e. The number of unbranched alkanes of at least 4 members (excludes halogenated alkanes) is 6. The molecule has 0 saturated heterocycles. The van der Waals surface area contributed by atoms with Crippen LogP contribution in [-0.2, 0) is 18.4 Å². The van der Waals surface area contributed by atoms with Crippen LogP contribution in [0.15, 0.2) is 85.1 Å². The van der Waals surface area contributed by atoms with Crippen molar-refractivity contribution >= 4 is 13.7 Å². The Hall–Kier alpha value is -2.32. The lowest BCUT2D eigenvalue weighted by Gasteiger charge is -2.23. The van der Waals surface area contributed by atoms with Gasteiger partial charge in [0.2, 0.25) is 5.91 Å². The molecule has 0 aromatic carbocycles. The average molecular weight is 649 g/mol. The van der Waals surface area contributed by atoms with Crippen LogP contribution in [0.25, 0.3) is 0 Å². The summed E-state index contributed by atoms with van der Waals surface area (Å²) < 4.78 is 21.9. The summed E-state index contributed by atoms with van der Waals surface area (Å²) in [6.45, 7) is 3.84. The van der Waals surface area contributed by atoms with Gasteiger partial charge in [-0.05, 0) is 57.8 Å². The Labute approximate surface area is 273 Å². The van der Waals surface area contributed by atoms with E-state index in [0.717, 1.165) is 44.9 Å². The van der Waals surface area contributed by atoms with Gasteiger partial charge in [0.1, 0.15) is 0 Å². The van der Waals surface area contributed by atoms with Crippen LogP contribution in [0.3, 0.4) is 0 Å². The van der Waals surface area contributed by atoms with Crippen molar-refractivity contribution in [1.82, 2.24) is 5.32 Å². The van der Waals surface area contributed by atoms with Gasteiger partial charge in [-0.25, -0.2) is 4.57 Å². The SMILES string of the molecule is CC/C=C\C/C=C\C/C=C\C/C=C\C/C=C\CC(=O)NC(COP(=O)(O)OCCN)C(O)/C=C/CC/C=C/CCCCCCC. The number of nitrogens with one attached hydrogen (secondary N) is 1. The third-order valence-electron chi connectivity index (χ3n) is 6.48.